The number of isothiocyanates is 1. The van der Waals surface area contributed by atoms with E-state index in [1.165, 1.54) is 32.1 Å². The number of aliphatic carboxylic acids is 1. The second-order valence-electron chi connectivity index (χ2n) is 6.28. The first-order chi connectivity index (χ1) is 11.0. The minimum Gasteiger partial charge on any atom is -0.481 e. The van der Waals surface area contributed by atoms with Gasteiger partial charge in [0.1, 0.15) is 5.78 Å². The molecule has 0 aromatic heterocycles. The fraction of sp³-hybridized carbons (Fsp3) is 0.833. The summed E-state index contributed by atoms with van der Waals surface area (Å²) < 4.78 is 0. The number of rotatable bonds is 15. The van der Waals surface area contributed by atoms with Crippen LogP contribution in [-0.4, -0.2) is 28.6 Å². The maximum absolute atomic E-state index is 12.2. The Bertz CT molecular complexity index is 392. The quantitative estimate of drug-likeness (QED) is 0.261. The van der Waals surface area contributed by atoms with Crippen LogP contribution in [0.1, 0.15) is 78.1 Å². The van der Waals surface area contributed by atoms with Gasteiger partial charge in [-0.15, -0.1) is 0 Å². The van der Waals surface area contributed by atoms with Crippen LogP contribution in [0.15, 0.2) is 4.99 Å². The highest BCUT2D eigenvalue weighted by Crippen LogP contribution is 2.18. The van der Waals surface area contributed by atoms with Crippen molar-refractivity contribution in [3.05, 3.63) is 0 Å². The zero-order valence-electron chi connectivity index (χ0n) is 14.6. The molecular weight excluding hydrogens is 310 g/mol. The molecule has 5 heteroatoms. The van der Waals surface area contributed by atoms with Crippen LogP contribution in [0.5, 0.6) is 0 Å². The lowest BCUT2D eigenvalue weighted by molar-refractivity contribution is -0.144. The molecule has 0 rings (SSSR count). The van der Waals surface area contributed by atoms with Crippen molar-refractivity contribution in [3.8, 4) is 0 Å². The van der Waals surface area contributed by atoms with Gasteiger partial charge in [0.25, 0.3) is 0 Å². The van der Waals surface area contributed by atoms with Crippen LogP contribution < -0.4 is 0 Å². The number of carbonyl (C=O) groups excluding carboxylic acids is 1. The molecule has 132 valence electrons. The van der Waals surface area contributed by atoms with Gasteiger partial charge in [0.05, 0.1) is 17.6 Å². The summed E-state index contributed by atoms with van der Waals surface area (Å²) in [5, 5.41) is 11.4. The van der Waals surface area contributed by atoms with Gasteiger partial charge in [0.15, 0.2) is 0 Å². The largest absolute Gasteiger partial charge is 0.481 e. The summed E-state index contributed by atoms with van der Waals surface area (Å²) >= 11 is 4.46. The van der Waals surface area contributed by atoms with Gasteiger partial charge < -0.3 is 5.11 Å². The van der Waals surface area contributed by atoms with Crippen molar-refractivity contribution in [2.75, 3.05) is 6.54 Å². The fourth-order valence-corrected chi connectivity index (χ4v) is 2.68. The zero-order valence-corrected chi connectivity index (χ0v) is 15.4. The van der Waals surface area contributed by atoms with E-state index in [9.17, 15) is 14.7 Å². The normalized spacial score (nSPS) is 13.1. The lowest BCUT2D eigenvalue weighted by Gasteiger charge is -2.14. The van der Waals surface area contributed by atoms with E-state index in [1.807, 2.05) is 6.92 Å². The standard InChI is InChI=1S/C18H31NO3S/c1-3-4-5-6-7-8-9-10-15(2)17(20)13-16(18(21)22)11-12-19-14-23/h15-16H,3-13H2,1-2H3,(H,21,22). The van der Waals surface area contributed by atoms with Gasteiger partial charge in [-0.3, -0.25) is 9.59 Å². The minimum absolute atomic E-state index is 0.0507. The van der Waals surface area contributed by atoms with Crippen molar-refractivity contribution in [1.29, 1.82) is 0 Å². The van der Waals surface area contributed by atoms with Crippen LogP contribution in [0.2, 0.25) is 0 Å². The first-order valence-corrected chi connectivity index (χ1v) is 9.22. The average Bonchev–Trinajstić information content (AvgIpc) is 2.52. The molecule has 1 N–H and O–H groups in total. The maximum Gasteiger partial charge on any atom is 0.307 e. The number of ketones is 1. The third kappa shape index (κ3) is 12.1. The number of carboxylic acid groups (broad SMARTS) is 1. The summed E-state index contributed by atoms with van der Waals surface area (Å²) in [5.74, 6) is -1.59. The van der Waals surface area contributed by atoms with E-state index in [0.717, 1.165) is 19.3 Å². The summed E-state index contributed by atoms with van der Waals surface area (Å²) in [4.78, 5) is 27.1. The van der Waals surface area contributed by atoms with E-state index in [-0.39, 0.29) is 18.1 Å². The van der Waals surface area contributed by atoms with Gasteiger partial charge in [0.2, 0.25) is 0 Å². The third-order valence-corrected chi connectivity index (χ3v) is 4.37. The molecule has 0 spiro atoms. The van der Waals surface area contributed by atoms with E-state index >= 15 is 0 Å². The van der Waals surface area contributed by atoms with Crippen molar-refractivity contribution < 1.29 is 14.7 Å². The van der Waals surface area contributed by atoms with Crippen molar-refractivity contribution >= 4 is 29.1 Å². The predicted octanol–water partition coefficient (Wildman–Crippen LogP) is 4.92. The molecule has 2 unspecified atom stereocenters. The number of Topliss-reactive ketones (excluding diaryl/α,β-unsaturated/α-hetero) is 1. The monoisotopic (exact) mass is 341 g/mol. The SMILES string of the molecule is CCCCCCCCCC(C)C(=O)CC(CCN=C=S)C(=O)O. The first-order valence-electron chi connectivity index (χ1n) is 8.82. The molecule has 2 atom stereocenters. The van der Waals surface area contributed by atoms with Gasteiger partial charge in [-0.2, -0.15) is 0 Å². The van der Waals surface area contributed by atoms with Crippen LogP contribution in [0.25, 0.3) is 0 Å². The minimum atomic E-state index is -0.930. The van der Waals surface area contributed by atoms with Gasteiger partial charge in [-0.05, 0) is 25.1 Å². The van der Waals surface area contributed by atoms with E-state index in [4.69, 9.17) is 0 Å². The van der Waals surface area contributed by atoms with Crippen LogP contribution in [0.4, 0.5) is 0 Å². The molecule has 0 saturated carbocycles. The van der Waals surface area contributed by atoms with Gasteiger partial charge >= 0.3 is 5.97 Å². The van der Waals surface area contributed by atoms with Crippen LogP contribution in [-0.2, 0) is 9.59 Å². The van der Waals surface area contributed by atoms with Gasteiger partial charge in [-0.25, -0.2) is 4.99 Å². The highest BCUT2D eigenvalue weighted by molar-refractivity contribution is 7.78. The Kier molecular flexibility index (Phi) is 13.9. The summed E-state index contributed by atoms with van der Waals surface area (Å²) in [6.07, 6.45) is 9.87. The number of nitrogens with zero attached hydrogens (tertiary/aromatic N) is 1. The average molecular weight is 342 g/mol. The van der Waals surface area contributed by atoms with Crippen LogP contribution in [0, 0.1) is 11.8 Å². The third-order valence-electron chi connectivity index (χ3n) is 4.24. The topological polar surface area (TPSA) is 66.7 Å². The first kappa shape index (κ1) is 21.9. The molecule has 0 aliphatic rings. The Morgan fingerprint density at radius 1 is 1.09 bits per heavy atom. The molecule has 0 heterocycles. The Hall–Kier alpha value is -1.06. The molecule has 0 aliphatic heterocycles. The summed E-state index contributed by atoms with van der Waals surface area (Å²) in [6.45, 7) is 4.44. The van der Waals surface area contributed by atoms with Crippen LogP contribution in [0.3, 0.4) is 0 Å². The number of aliphatic imine (C=N–C) groups is 1. The van der Waals surface area contributed by atoms with Crippen LogP contribution >= 0.6 is 12.2 Å². The number of carboxylic acids is 1. The Balaban J connectivity index is 3.97. The summed E-state index contributed by atoms with van der Waals surface area (Å²) in [5.41, 5.74) is 0. The van der Waals surface area contributed by atoms with Crippen molar-refractivity contribution in [1.82, 2.24) is 0 Å². The maximum atomic E-state index is 12.2. The molecule has 0 radical (unpaired) electrons. The lowest BCUT2D eigenvalue weighted by atomic mass is 9.90. The van der Waals surface area contributed by atoms with E-state index in [0.29, 0.717) is 13.0 Å². The van der Waals surface area contributed by atoms with Gasteiger partial charge in [0, 0.05) is 12.3 Å². The molecule has 0 fully saturated rings. The number of carbonyl (C=O) groups is 2. The molecule has 0 amide bonds. The fourth-order valence-electron chi connectivity index (χ4n) is 2.59. The predicted molar refractivity (Wildman–Crippen MR) is 97.0 cm³/mol. The molecule has 4 nitrogen and oxygen atoms in total. The lowest BCUT2D eigenvalue weighted by Crippen LogP contribution is -2.22. The zero-order chi connectivity index (χ0) is 17.5. The Morgan fingerprint density at radius 2 is 1.70 bits per heavy atom. The molecular formula is C18H31NO3S. The summed E-state index contributed by atoms with van der Waals surface area (Å²) in [7, 11) is 0. The van der Waals surface area contributed by atoms with Crippen molar-refractivity contribution in [3.63, 3.8) is 0 Å². The number of hydrogen-bond acceptors (Lipinski definition) is 4. The van der Waals surface area contributed by atoms with Crippen molar-refractivity contribution in [2.45, 2.75) is 78.1 Å². The van der Waals surface area contributed by atoms with E-state index in [2.05, 4.69) is 29.3 Å². The Morgan fingerprint density at radius 3 is 2.26 bits per heavy atom. The molecule has 0 saturated heterocycles. The molecule has 0 aromatic carbocycles. The number of hydrogen-bond donors (Lipinski definition) is 1. The molecule has 0 bridgehead atoms. The van der Waals surface area contributed by atoms with E-state index < -0.39 is 11.9 Å². The second-order valence-corrected chi connectivity index (χ2v) is 6.46. The van der Waals surface area contributed by atoms with E-state index in [1.54, 1.807) is 0 Å². The molecule has 0 aliphatic carbocycles. The number of unbranched alkanes of at least 4 members (excludes halogenated alkanes) is 6. The number of thiocarbonyl (C=S) groups is 1. The van der Waals surface area contributed by atoms with Crippen molar-refractivity contribution in [2.24, 2.45) is 16.8 Å². The highest BCUT2D eigenvalue weighted by Gasteiger charge is 2.23. The highest BCUT2D eigenvalue weighted by atomic mass is 32.1. The Labute approximate surface area is 145 Å². The molecule has 0 aromatic rings. The molecule has 23 heavy (non-hydrogen) atoms. The second kappa shape index (κ2) is 14.5. The smallest absolute Gasteiger partial charge is 0.307 e. The summed E-state index contributed by atoms with van der Waals surface area (Å²) in [6, 6.07) is 0. The van der Waals surface area contributed by atoms with Gasteiger partial charge in [-0.1, -0.05) is 58.8 Å².